The summed E-state index contributed by atoms with van der Waals surface area (Å²) in [4.78, 5) is 4.38. The molecule has 3 heterocycles. The van der Waals surface area contributed by atoms with E-state index < -0.39 is 0 Å². The van der Waals surface area contributed by atoms with Gasteiger partial charge in [-0.3, -0.25) is 0 Å². The highest BCUT2D eigenvalue weighted by molar-refractivity contribution is 5.56. The van der Waals surface area contributed by atoms with E-state index in [0.717, 1.165) is 17.7 Å². The Morgan fingerprint density at radius 3 is 3.11 bits per heavy atom. The molecule has 1 aliphatic heterocycles. The molecular formula is C12H15N3O3. The standard InChI is InChI=1S/C12H15N3O3/c1-7-9(3-5-16-7)11-14-12(18-15-11)10-8(6-13)2-4-17-10/h3,5,8,10H,2,4,6,13H2,1H3/t8-,10-/m0/s1. The molecule has 96 valence electrons. The summed E-state index contributed by atoms with van der Waals surface area (Å²) in [5.74, 6) is 2.05. The number of nitrogens with two attached hydrogens (primary N) is 1. The summed E-state index contributed by atoms with van der Waals surface area (Å²) in [6, 6.07) is 1.82. The molecule has 0 bridgehead atoms. The molecular weight excluding hydrogens is 234 g/mol. The summed E-state index contributed by atoms with van der Waals surface area (Å²) < 4.78 is 16.1. The van der Waals surface area contributed by atoms with Gasteiger partial charge in [0.2, 0.25) is 5.82 Å². The highest BCUT2D eigenvalue weighted by atomic mass is 16.5. The average molecular weight is 249 g/mol. The SMILES string of the molecule is Cc1occc1-c1noc([C@H]2OCC[C@H]2CN)n1. The summed E-state index contributed by atoms with van der Waals surface area (Å²) in [6.45, 7) is 3.11. The zero-order chi connectivity index (χ0) is 12.5. The fourth-order valence-electron chi connectivity index (χ4n) is 2.23. The minimum absolute atomic E-state index is 0.177. The van der Waals surface area contributed by atoms with Crippen molar-refractivity contribution in [3.05, 3.63) is 24.0 Å². The van der Waals surface area contributed by atoms with Crippen LogP contribution >= 0.6 is 0 Å². The molecule has 0 spiro atoms. The highest BCUT2D eigenvalue weighted by Crippen LogP contribution is 2.34. The second kappa shape index (κ2) is 4.55. The van der Waals surface area contributed by atoms with Crippen LogP contribution in [0.2, 0.25) is 0 Å². The maximum atomic E-state index is 5.70. The van der Waals surface area contributed by atoms with E-state index in [9.17, 15) is 0 Å². The molecule has 0 aliphatic carbocycles. The molecule has 2 aromatic heterocycles. The zero-order valence-electron chi connectivity index (χ0n) is 10.1. The van der Waals surface area contributed by atoms with Gasteiger partial charge in [-0.15, -0.1) is 0 Å². The number of ether oxygens (including phenoxy) is 1. The Kier molecular flexibility index (Phi) is 2.89. The van der Waals surface area contributed by atoms with Crippen molar-refractivity contribution in [1.82, 2.24) is 10.1 Å². The molecule has 2 aromatic rings. The van der Waals surface area contributed by atoms with E-state index >= 15 is 0 Å². The van der Waals surface area contributed by atoms with Crippen LogP contribution in [-0.4, -0.2) is 23.3 Å². The van der Waals surface area contributed by atoms with Crippen LogP contribution in [0.3, 0.4) is 0 Å². The van der Waals surface area contributed by atoms with Crippen LogP contribution in [0.25, 0.3) is 11.4 Å². The Hall–Kier alpha value is -1.66. The summed E-state index contributed by atoms with van der Waals surface area (Å²) in [5, 5.41) is 3.97. The van der Waals surface area contributed by atoms with Crippen molar-refractivity contribution in [2.24, 2.45) is 11.7 Å². The minimum atomic E-state index is -0.177. The van der Waals surface area contributed by atoms with Gasteiger partial charge in [-0.05, 0) is 26.0 Å². The monoisotopic (exact) mass is 249 g/mol. The van der Waals surface area contributed by atoms with E-state index in [1.807, 2.05) is 13.0 Å². The zero-order valence-corrected chi connectivity index (χ0v) is 10.1. The van der Waals surface area contributed by atoms with Crippen LogP contribution in [0.4, 0.5) is 0 Å². The number of hydrogen-bond donors (Lipinski definition) is 1. The van der Waals surface area contributed by atoms with Gasteiger partial charge in [0.1, 0.15) is 11.9 Å². The first-order valence-corrected chi connectivity index (χ1v) is 5.99. The molecule has 0 aromatic carbocycles. The van der Waals surface area contributed by atoms with E-state index in [2.05, 4.69) is 10.1 Å². The van der Waals surface area contributed by atoms with Crippen molar-refractivity contribution in [3.63, 3.8) is 0 Å². The molecule has 2 N–H and O–H groups in total. The second-order valence-corrected chi connectivity index (χ2v) is 4.42. The smallest absolute Gasteiger partial charge is 0.256 e. The Morgan fingerprint density at radius 1 is 1.50 bits per heavy atom. The predicted octanol–water partition coefficient (Wildman–Crippen LogP) is 1.67. The van der Waals surface area contributed by atoms with Gasteiger partial charge >= 0.3 is 0 Å². The van der Waals surface area contributed by atoms with E-state index in [1.54, 1.807) is 6.26 Å². The first kappa shape index (κ1) is 11.4. The van der Waals surface area contributed by atoms with Crippen molar-refractivity contribution in [2.75, 3.05) is 13.2 Å². The summed E-state index contributed by atoms with van der Waals surface area (Å²) in [5.41, 5.74) is 6.54. The molecule has 18 heavy (non-hydrogen) atoms. The van der Waals surface area contributed by atoms with Crippen molar-refractivity contribution >= 4 is 0 Å². The molecule has 0 amide bonds. The van der Waals surface area contributed by atoms with Crippen molar-refractivity contribution in [3.8, 4) is 11.4 Å². The number of aryl methyl sites for hydroxylation is 1. The lowest BCUT2D eigenvalue weighted by atomic mass is 10.0. The van der Waals surface area contributed by atoms with Gasteiger partial charge < -0.3 is 19.4 Å². The van der Waals surface area contributed by atoms with Crippen LogP contribution in [0, 0.1) is 12.8 Å². The fraction of sp³-hybridized carbons (Fsp3) is 0.500. The summed E-state index contributed by atoms with van der Waals surface area (Å²) >= 11 is 0. The molecule has 1 aliphatic rings. The van der Waals surface area contributed by atoms with Crippen molar-refractivity contribution in [1.29, 1.82) is 0 Å². The third-order valence-electron chi connectivity index (χ3n) is 3.30. The first-order valence-electron chi connectivity index (χ1n) is 5.99. The third-order valence-corrected chi connectivity index (χ3v) is 3.30. The first-order chi connectivity index (χ1) is 8.79. The van der Waals surface area contributed by atoms with E-state index in [0.29, 0.717) is 24.9 Å². The van der Waals surface area contributed by atoms with Crippen LogP contribution in [0.1, 0.15) is 24.2 Å². The molecule has 0 unspecified atom stereocenters. The van der Waals surface area contributed by atoms with Gasteiger partial charge in [-0.25, -0.2) is 0 Å². The molecule has 3 rings (SSSR count). The minimum Gasteiger partial charge on any atom is -0.469 e. The van der Waals surface area contributed by atoms with E-state index in [1.165, 1.54) is 0 Å². The second-order valence-electron chi connectivity index (χ2n) is 4.42. The van der Waals surface area contributed by atoms with Gasteiger partial charge in [0.05, 0.1) is 11.8 Å². The molecule has 6 heteroatoms. The van der Waals surface area contributed by atoms with Gasteiger partial charge in [0, 0.05) is 12.5 Å². The number of furan rings is 1. The quantitative estimate of drug-likeness (QED) is 0.890. The Bertz CT molecular complexity index is 534. The van der Waals surface area contributed by atoms with Crippen molar-refractivity contribution < 1.29 is 13.7 Å². The van der Waals surface area contributed by atoms with E-state index in [-0.39, 0.29) is 12.0 Å². The van der Waals surface area contributed by atoms with Crippen LogP contribution in [0.5, 0.6) is 0 Å². The molecule has 0 radical (unpaired) electrons. The molecule has 1 fully saturated rings. The molecule has 6 nitrogen and oxygen atoms in total. The lowest BCUT2D eigenvalue weighted by Crippen LogP contribution is -2.18. The normalized spacial score (nSPS) is 23.7. The number of rotatable bonds is 3. The molecule has 0 saturated carbocycles. The third kappa shape index (κ3) is 1.83. The lowest BCUT2D eigenvalue weighted by Gasteiger charge is -2.11. The summed E-state index contributed by atoms with van der Waals surface area (Å²) in [6.07, 6.45) is 2.36. The Morgan fingerprint density at radius 2 is 2.39 bits per heavy atom. The molecule has 1 saturated heterocycles. The van der Waals surface area contributed by atoms with Crippen LogP contribution < -0.4 is 5.73 Å². The van der Waals surface area contributed by atoms with Crippen LogP contribution in [0.15, 0.2) is 21.3 Å². The van der Waals surface area contributed by atoms with Crippen molar-refractivity contribution in [2.45, 2.75) is 19.4 Å². The van der Waals surface area contributed by atoms with Gasteiger partial charge in [0.25, 0.3) is 5.89 Å². The predicted molar refractivity (Wildman–Crippen MR) is 62.6 cm³/mol. The van der Waals surface area contributed by atoms with Gasteiger partial charge in [-0.1, -0.05) is 5.16 Å². The summed E-state index contributed by atoms with van der Waals surface area (Å²) in [7, 11) is 0. The average Bonchev–Trinajstić information content (AvgIpc) is 3.06. The number of hydrogen-bond acceptors (Lipinski definition) is 6. The Balaban J connectivity index is 1.88. The van der Waals surface area contributed by atoms with Gasteiger partial charge in [-0.2, -0.15) is 4.98 Å². The Labute approximate surface area is 104 Å². The molecule has 2 atom stereocenters. The lowest BCUT2D eigenvalue weighted by molar-refractivity contribution is 0.0642. The van der Waals surface area contributed by atoms with Crippen LogP contribution in [-0.2, 0) is 4.74 Å². The topological polar surface area (TPSA) is 87.3 Å². The fourth-order valence-corrected chi connectivity index (χ4v) is 2.23. The number of nitrogens with zero attached hydrogens (tertiary/aromatic N) is 2. The number of aromatic nitrogens is 2. The maximum absolute atomic E-state index is 5.70. The maximum Gasteiger partial charge on any atom is 0.256 e. The van der Waals surface area contributed by atoms with Gasteiger partial charge in [0.15, 0.2) is 0 Å². The largest absolute Gasteiger partial charge is 0.469 e. The van der Waals surface area contributed by atoms with E-state index in [4.69, 9.17) is 19.4 Å². The highest BCUT2D eigenvalue weighted by Gasteiger charge is 2.33.